The van der Waals surface area contributed by atoms with Crippen LogP contribution in [0.1, 0.15) is 0 Å². The van der Waals surface area contributed by atoms with Crippen molar-refractivity contribution >= 4 is 11.9 Å². The molecule has 19 heavy (non-hydrogen) atoms. The van der Waals surface area contributed by atoms with Crippen LogP contribution in [-0.4, -0.2) is 43.3 Å². The maximum absolute atomic E-state index is 12.7. The summed E-state index contributed by atoms with van der Waals surface area (Å²) in [5.74, 6) is -1.93. The lowest BCUT2D eigenvalue weighted by molar-refractivity contribution is -0.145. The molecule has 6 nitrogen and oxygen atoms in total. The first-order chi connectivity index (χ1) is 9.02. The van der Waals surface area contributed by atoms with E-state index >= 15 is 0 Å². The largest absolute Gasteiger partial charge is 0.478 e. The highest BCUT2D eigenvalue weighted by Gasteiger charge is 2.20. The standard InChI is InChI=1S/C12H14FNO5/c1-18-7-11(15)14-6-10(12(16)17)19-9-4-2-8(13)3-5-9/h2-5,10H,6-7H2,1H3,(H,14,15)(H,16,17). The molecule has 0 heterocycles. The molecule has 0 saturated carbocycles. The zero-order chi connectivity index (χ0) is 14.3. The average molecular weight is 271 g/mol. The van der Waals surface area contributed by atoms with Crippen molar-refractivity contribution in [3.05, 3.63) is 30.1 Å². The molecule has 0 radical (unpaired) electrons. The lowest BCUT2D eigenvalue weighted by atomic mass is 10.3. The molecule has 1 aromatic rings. The SMILES string of the molecule is COCC(=O)NCC(Oc1ccc(F)cc1)C(=O)O. The Morgan fingerprint density at radius 1 is 1.37 bits per heavy atom. The van der Waals surface area contributed by atoms with E-state index in [2.05, 4.69) is 10.1 Å². The van der Waals surface area contributed by atoms with Gasteiger partial charge >= 0.3 is 5.97 Å². The summed E-state index contributed by atoms with van der Waals surface area (Å²) in [6, 6.07) is 4.92. The summed E-state index contributed by atoms with van der Waals surface area (Å²) in [6.45, 7) is -0.377. The van der Waals surface area contributed by atoms with Crippen LogP contribution in [0.5, 0.6) is 5.75 Å². The van der Waals surface area contributed by atoms with E-state index in [4.69, 9.17) is 9.84 Å². The predicted octanol–water partition coefficient (Wildman–Crippen LogP) is 0.420. The van der Waals surface area contributed by atoms with Crippen LogP contribution >= 0.6 is 0 Å². The number of benzene rings is 1. The first-order valence-corrected chi connectivity index (χ1v) is 5.43. The molecule has 104 valence electrons. The Morgan fingerprint density at radius 3 is 2.53 bits per heavy atom. The summed E-state index contributed by atoms with van der Waals surface area (Å²) in [5.41, 5.74) is 0. The number of carbonyl (C=O) groups excluding carboxylic acids is 1. The number of carbonyl (C=O) groups is 2. The highest BCUT2D eigenvalue weighted by molar-refractivity contribution is 5.79. The third-order valence-corrected chi connectivity index (χ3v) is 2.13. The second kappa shape index (κ2) is 7.32. The molecular weight excluding hydrogens is 257 g/mol. The van der Waals surface area contributed by atoms with Crippen LogP contribution in [0.4, 0.5) is 4.39 Å². The van der Waals surface area contributed by atoms with Crippen molar-refractivity contribution in [1.29, 1.82) is 0 Å². The van der Waals surface area contributed by atoms with Crippen LogP contribution < -0.4 is 10.1 Å². The number of amides is 1. The molecule has 2 N–H and O–H groups in total. The molecule has 0 fully saturated rings. The molecule has 0 bridgehead atoms. The lowest BCUT2D eigenvalue weighted by Gasteiger charge is -2.15. The molecule has 0 aliphatic rings. The Bertz CT molecular complexity index is 434. The Kier molecular flexibility index (Phi) is 5.74. The van der Waals surface area contributed by atoms with Crippen LogP contribution in [0, 0.1) is 5.82 Å². The first-order valence-electron chi connectivity index (χ1n) is 5.43. The van der Waals surface area contributed by atoms with Crippen LogP contribution in [0.25, 0.3) is 0 Å². The molecule has 7 heteroatoms. The van der Waals surface area contributed by atoms with Gasteiger partial charge in [0.25, 0.3) is 0 Å². The molecule has 0 spiro atoms. The molecule has 0 saturated heterocycles. The van der Waals surface area contributed by atoms with Gasteiger partial charge in [0.2, 0.25) is 12.0 Å². The van der Waals surface area contributed by atoms with E-state index < -0.39 is 23.8 Å². The fourth-order valence-electron chi connectivity index (χ4n) is 1.25. The van der Waals surface area contributed by atoms with Crippen molar-refractivity contribution in [2.45, 2.75) is 6.10 Å². The number of ether oxygens (including phenoxy) is 2. The molecule has 1 amide bonds. The van der Waals surface area contributed by atoms with Gasteiger partial charge in [-0.2, -0.15) is 0 Å². The minimum atomic E-state index is -1.26. The number of carboxylic acids is 1. The molecule has 1 atom stereocenters. The van der Waals surface area contributed by atoms with Gasteiger partial charge in [-0.15, -0.1) is 0 Å². The van der Waals surface area contributed by atoms with E-state index in [1.807, 2.05) is 0 Å². The summed E-state index contributed by atoms with van der Waals surface area (Å²) in [4.78, 5) is 22.1. The smallest absolute Gasteiger partial charge is 0.346 e. The second-order valence-corrected chi connectivity index (χ2v) is 3.64. The van der Waals surface area contributed by atoms with Crippen LogP contribution in [0.3, 0.4) is 0 Å². The van der Waals surface area contributed by atoms with Gasteiger partial charge in [-0.1, -0.05) is 0 Å². The number of rotatable bonds is 7. The van der Waals surface area contributed by atoms with E-state index in [9.17, 15) is 14.0 Å². The van der Waals surface area contributed by atoms with Crippen molar-refractivity contribution < 1.29 is 28.6 Å². The third kappa shape index (κ3) is 5.35. The summed E-state index contributed by atoms with van der Waals surface area (Å²) in [6.07, 6.45) is -1.26. The lowest BCUT2D eigenvalue weighted by Crippen LogP contribution is -2.41. The number of hydrogen-bond donors (Lipinski definition) is 2. The van der Waals surface area contributed by atoms with E-state index in [0.717, 1.165) is 12.1 Å². The summed E-state index contributed by atoms with van der Waals surface area (Å²) in [5, 5.41) is 11.3. The molecule has 0 aliphatic heterocycles. The molecular formula is C12H14FNO5. The highest BCUT2D eigenvalue weighted by atomic mass is 19.1. The number of aliphatic carboxylic acids is 1. The fourth-order valence-corrected chi connectivity index (χ4v) is 1.25. The Labute approximate surface area is 109 Å². The quantitative estimate of drug-likeness (QED) is 0.750. The van der Waals surface area contributed by atoms with Crippen LogP contribution in [0.15, 0.2) is 24.3 Å². The molecule has 1 unspecified atom stereocenters. The Hall–Kier alpha value is -2.15. The first kappa shape index (κ1) is 14.9. The maximum atomic E-state index is 12.7. The monoisotopic (exact) mass is 271 g/mol. The minimum absolute atomic E-state index is 0.164. The third-order valence-electron chi connectivity index (χ3n) is 2.13. The van der Waals surface area contributed by atoms with E-state index in [-0.39, 0.29) is 18.9 Å². The van der Waals surface area contributed by atoms with Crippen molar-refractivity contribution in [3.63, 3.8) is 0 Å². The van der Waals surface area contributed by atoms with Gasteiger partial charge in [-0.05, 0) is 24.3 Å². The Morgan fingerprint density at radius 2 is 2.00 bits per heavy atom. The predicted molar refractivity (Wildman–Crippen MR) is 63.3 cm³/mol. The minimum Gasteiger partial charge on any atom is -0.478 e. The molecule has 1 aromatic carbocycles. The summed E-state index contributed by atoms with van der Waals surface area (Å²) in [7, 11) is 1.35. The topological polar surface area (TPSA) is 84.9 Å². The maximum Gasteiger partial charge on any atom is 0.346 e. The van der Waals surface area contributed by atoms with Crippen molar-refractivity contribution in [2.24, 2.45) is 0 Å². The van der Waals surface area contributed by atoms with Crippen LogP contribution in [-0.2, 0) is 14.3 Å². The number of halogens is 1. The molecule has 0 aromatic heterocycles. The van der Waals surface area contributed by atoms with Crippen molar-refractivity contribution in [1.82, 2.24) is 5.32 Å². The zero-order valence-electron chi connectivity index (χ0n) is 10.3. The fraction of sp³-hybridized carbons (Fsp3) is 0.333. The van der Waals surface area contributed by atoms with Gasteiger partial charge in [0, 0.05) is 7.11 Å². The van der Waals surface area contributed by atoms with Gasteiger partial charge in [0.1, 0.15) is 18.2 Å². The zero-order valence-corrected chi connectivity index (χ0v) is 10.3. The number of methoxy groups -OCH3 is 1. The number of nitrogens with one attached hydrogen (secondary N) is 1. The Balaban J connectivity index is 2.55. The van der Waals surface area contributed by atoms with E-state index in [0.29, 0.717) is 0 Å². The second-order valence-electron chi connectivity index (χ2n) is 3.64. The van der Waals surface area contributed by atoms with Gasteiger partial charge in [0.05, 0.1) is 6.54 Å². The van der Waals surface area contributed by atoms with E-state index in [1.54, 1.807) is 0 Å². The van der Waals surface area contributed by atoms with Gasteiger partial charge in [-0.3, -0.25) is 4.79 Å². The van der Waals surface area contributed by atoms with Crippen molar-refractivity contribution in [2.75, 3.05) is 20.3 Å². The highest BCUT2D eigenvalue weighted by Crippen LogP contribution is 2.13. The van der Waals surface area contributed by atoms with Gasteiger partial charge < -0.3 is 19.9 Å². The normalized spacial score (nSPS) is 11.7. The van der Waals surface area contributed by atoms with Gasteiger partial charge in [0.15, 0.2) is 0 Å². The number of hydrogen-bond acceptors (Lipinski definition) is 4. The summed E-state index contributed by atoms with van der Waals surface area (Å²) >= 11 is 0. The number of carboxylic acid groups (broad SMARTS) is 1. The molecule has 0 aliphatic carbocycles. The van der Waals surface area contributed by atoms with E-state index in [1.165, 1.54) is 19.2 Å². The van der Waals surface area contributed by atoms with Crippen LogP contribution in [0.2, 0.25) is 0 Å². The van der Waals surface area contributed by atoms with Gasteiger partial charge in [-0.25, -0.2) is 9.18 Å². The average Bonchev–Trinajstić information content (AvgIpc) is 2.36. The van der Waals surface area contributed by atoms with Crippen molar-refractivity contribution in [3.8, 4) is 5.75 Å². The summed E-state index contributed by atoms with van der Waals surface area (Å²) < 4.78 is 22.4. The molecule has 1 rings (SSSR count).